The molecule has 1 aromatic heterocycles. The minimum atomic E-state index is -3.92. The van der Waals surface area contributed by atoms with E-state index >= 15 is 0 Å². The predicted molar refractivity (Wildman–Crippen MR) is 120 cm³/mol. The molecule has 32 heavy (non-hydrogen) atoms. The van der Waals surface area contributed by atoms with Crippen molar-refractivity contribution in [1.82, 2.24) is 9.88 Å². The highest BCUT2D eigenvalue weighted by Gasteiger charge is 2.33. The molecule has 0 saturated carbocycles. The van der Waals surface area contributed by atoms with Gasteiger partial charge in [-0.05, 0) is 43.3 Å². The van der Waals surface area contributed by atoms with Crippen molar-refractivity contribution < 1.29 is 22.4 Å². The Labute approximate surface area is 187 Å². The molecule has 0 atom stereocenters. The Morgan fingerprint density at radius 3 is 2.19 bits per heavy atom. The van der Waals surface area contributed by atoms with Gasteiger partial charge in [0.15, 0.2) is 0 Å². The number of benzene rings is 2. The van der Waals surface area contributed by atoms with Crippen molar-refractivity contribution in [3.63, 3.8) is 0 Å². The first kappa shape index (κ1) is 21.9. The topological polar surface area (TPSA) is 93.0 Å². The van der Waals surface area contributed by atoms with E-state index in [4.69, 9.17) is 9.15 Å². The molecule has 3 aromatic rings. The van der Waals surface area contributed by atoms with Crippen LogP contribution < -0.4 is 9.64 Å². The molecule has 1 saturated heterocycles. The quantitative estimate of drug-likeness (QED) is 0.583. The van der Waals surface area contributed by atoms with E-state index in [1.54, 1.807) is 60.5 Å². The number of hydrogen-bond donors (Lipinski definition) is 0. The summed E-state index contributed by atoms with van der Waals surface area (Å²) in [6, 6.07) is 13.7. The van der Waals surface area contributed by atoms with Crippen LogP contribution >= 0.6 is 0 Å². The molecule has 2 heterocycles. The average molecular weight is 456 g/mol. The van der Waals surface area contributed by atoms with Gasteiger partial charge in [-0.1, -0.05) is 17.7 Å². The summed E-state index contributed by atoms with van der Waals surface area (Å²) in [5, 5.41) is -0.122. The van der Waals surface area contributed by atoms with E-state index in [1.165, 1.54) is 6.92 Å². The number of hydrogen-bond acceptors (Lipinski definition) is 7. The highest BCUT2D eigenvalue weighted by Crippen LogP contribution is 2.35. The first-order chi connectivity index (χ1) is 15.3. The summed E-state index contributed by atoms with van der Waals surface area (Å²) in [5.41, 5.74) is 1.60. The van der Waals surface area contributed by atoms with Gasteiger partial charge in [0.25, 0.3) is 0 Å². The normalized spacial score (nSPS) is 14.5. The summed E-state index contributed by atoms with van der Waals surface area (Å²) in [6.45, 7) is 5.30. The van der Waals surface area contributed by atoms with Crippen LogP contribution in [0.15, 0.2) is 62.9 Å². The van der Waals surface area contributed by atoms with Crippen LogP contribution in [0.2, 0.25) is 0 Å². The summed E-state index contributed by atoms with van der Waals surface area (Å²) >= 11 is 0. The van der Waals surface area contributed by atoms with E-state index in [0.29, 0.717) is 37.5 Å². The van der Waals surface area contributed by atoms with Gasteiger partial charge in [0, 0.05) is 38.7 Å². The maximum absolute atomic E-state index is 13.5. The fourth-order valence-electron chi connectivity index (χ4n) is 3.58. The fraction of sp³-hybridized carbons (Fsp3) is 0.304. The van der Waals surface area contributed by atoms with Gasteiger partial charge in [-0.2, -0.15) is 4.98 Å². The Balaban J connectivity index is 1.77. The molecule has 4 rings (SSSR count). The van der Waals surface area contributed by atoms with Crippen LogP contribution in [0.1, 0.15) is 12.5 Å². The van der Waals surface area contributed by atoms with Crippen LogP contribution in [0.5, 0.6) is 5.75 Å². The van der Waals surface area contributed by atoms with Crippen LogP contribution in [-0.2, 0) is 14.6 Å². The number of anilines is 1. The highest BCUT2D eigenvalue weighted by atomic mass is 32.2. The Hall–Kier alpha value is -3.33. The standard InChI is InChI=1S/C23H25N3O5S/c1-16-4-10-20(11-5-16)32(28,29)22-23(26-14-12-25(13-15-26)17(2)27)31-21(24-22)18-6-8-19(30-3)9-7-18/h4-11H,12-15H2,1-3H3. The van der Waals surface area contributed by atoms with Gasteiger partial charge >= 0.3 is 0 Å². The van der Waals surface area contributed by atoms with E-state index in [0.717, 1.165) is 5.56 Å². The van der Waals surface area contributed by atoms with Crippen LogP contribution in [-0.4, -0.2) is 57.5 Å². The predicted octanol–water partition coefficient (Wildman–Crippen LogP) is 3.16. The molecular formula is C23H25N3O5S. The fourth-order valence-corrected chi connectivity index (χ4v) is 4.90. The van der Waals surface area contributed by atoms with Gasteiger partial charge in [-0.3, -0.25) is 4.79 Å². The summed E-state index contributed by atoms with van der Waals surface area (Å²) in [7, 11) is -2.34. The van der Waals surface area contributed by atoms with Crippen LogP contribution in [0.25, 0.3) is 11.5 Å². The zero-order valence-electron chi connectivity index (χ0n) is 18.2. The second-order valence-corrected chi connectivity index (χ2v) is 9.53. The molecule has 2 aromatic carbocycles. The lowest BCUT2D eigenvalue weighted by atomic mass is 10.2. The van der Waals surface area contributed by atoms with Crippen molar-refractivity contribution in [3.05, 3.63) is 54.1 Å². The number of rotatable bonds is 5. The minimum absolute atomic E-state index is 0.00589. The zero-order valence-corrected chi connectivity index (χ0v) is 19.1. The lowest BCUT2D eigenvalue weighted by Crippen LogP contribution is -2.48. The van der Waals surface area contributed by atoms with Gasteiger partial charge in [0.2, 0.25) is 32.5 Å². The maximum Gasteiger partial charge on any atom is 0.236 e. The van der Waals surface area contributed by atoms with Gasteiger partial charge in [-0.15, -0.1) is 0 Å². The summed E-state index contributed by atoms with van der Waals surface area (Å²) in [4.78, 5) is 19.8. The van der Waals surface area contributed by atoms with Crippen LogP contribution in [0, 0.1) is 6.92 Å². The number of piperazine rings is 1. The number of methoxy groups -OCH3 is 1. The van der Waals surface area contributed by atoms with Gasteiger partial charge in [0.1, 0.15) is 5.75 Å². The Morgan fingerprint density at radius 1 is 1.00 bits per heavy atom. The molecule has 9 heteroatoms. The molecule has 0 N–H and O–H groups in total. The molecule has 1 amide bonds. The molecule has 168 valence electrons. The number of carbonyl (C=O) groups is 1. The Bertz CT molecular complexity index is 1210. The number of oxazole rings is 1. The van der Waals surface area contributed by atoms with Gasteiger partial charge < -0.3 is 19.0 Å². The lowest BCUT2D eigenvalue weighted by molar-refractivity contribution is -0.129. The number of amides is 1. The van der Waals surface area contributed by atoms with E-state index in [-0.39, 0.29) is 27.6 Å². The first-order valence-electron chi connectivity index (χ1n) is 10.3. The second-order valence-electron chi connectivity index (χ2n) is 7.67. The van der Waals surface area contributed by atoms with E-state index < -0.39 is 9.84 Å². The number of ether oxygens (including phenoxy) is 1. The van der Waals surface area contributed by atoms with Gasteiger partial charge in [0.05, 0.1) is 12.0 Å². The van der Waals surface area contributed by atoms with Crippen molar-refractivity contribution in [2.45, 2.75) is 23.8 Å². The SMILES string of the molecule is COc1ccc(-c2nc(S(=O)(=O)c3ccc(C)cc3)c(N3CCN(C(C)=O)CC3)o2)cc1. The number of carbonyl (C=O) groups excluding carboxylic acids is 1. The Kier molecular flexibility index (Phi) is 5.92. The maximum atomic E-state index is 13.5. The summed E-state index contributed by atoms with van der Waals surface area (Å²) in [6.07, 6.45) is 0. The summed E-state index contributed by atoms with van der Waals surface area (Å²) in [5.74, 6) is 1.07. The van der Waals surface area contributed by atoms with Crippen molar-refractivity contribution >= 4 is 21.6 Å². The first-order valence-corrected chi connectivity index (χ1v) is 11.8. The molecule has 0 radical (unpaired) electrons. The largest absolute Gasteiger partial charge is 0.497 e. The third-order valence-electron chi connectivity index (χ3n) is 5.51. The molecular weight excluding hydrogens is 430 g/mol. The molecule has 0 unspecified atom stereocenters. The zero-order chi connectivity index (χ0) is 22.9. The Morgan fingerprint density at radius 2 is 1.62 bits per heavy atom. The second kappa shape index (κ2) is 8.66. The van der Waals surface area contributed by atoms with Gasteiger partial charge in [-0.25, -0.2) is 8.42 Å². The monoisotopic (exact) mass is 455 g/mol. The van der Waals surface area contributed by atoms with Crippen LogP contribution in [0.4, 0.5) is 5.88 Å². The van der Waals surface area contributed by atoms with Crippen molar-refractivity contribution in [3.8, 4) is 17.2 Å². The summed E-state index contributed by atoms with van der Waals surface area (Å²) < 4.78 is 38.2. The van der Waals surface area contributed by atoms with Crippen molar-refractivity contribution in [2.75, 3.05) is 38.2 Å². The van der Waals surface area contributed by atoms with E-state index in [2.05, 4.69) is 4.98 Å². The molecule has 0 bridgehead atoms. The molecule has 1 aliphatic heterocycles. The number of sulfone groups is 1. The van der Waals surface area contributed by atoms with E-state index in [1.807, 2.05) is 11.8 Å². The molecule has 1 fully saturated rings. The number of aryl methyl sites for hydroxylation is 1. The molecule has 1 aliphatic rings. The van der Waals surface area contributed by atoms with Crippen molar-refractivity contribution in [2.24, 2.45) is 0 Å². The minimum Gasteiger partial charge on any atom is -0.497 e. The van der Waals surface area contributed by atoms with E-state index in [9.17, 15) is 13.2 Å². The lowest BCUT2D eigenvalue weighted by Gasteiger charge is -2.34. The smallest absolute Gasteiger partial charge is 0.236 e. The average Bonchev–Trinajstić information content (AvgIpc) is 3.26. The van der Waals surface area contributed by atoms with Crippen LogP contribution in [0.3, 0.4) is 0 Å². The highest BCUT2D eigenvalue weighted by molar-refractivity contribution is 7.91. The molecule has 8 nitrogen and oxygen atoms in total. The third kappa shape index (κ3) is 4.20. The number of aromatic nitrogens is 1. The third-order valence-corrected chi connectivity index (χ3v) is 7.18. The molecule has 0 spiro atoms. The number of nitrogens with zero attached hydrogens (tertiary/aromatic N) is 3. The molecule has 0 aliphatic carbocycles. The van der Waals surface area contributed by atoms with Crippen molar-refractivity contribution in [1.29, 1.82) is 0 Å².